The number of aryl methyl sites for hydroxylation is 2. The number of hydrogen-bond donors (Lipinski definition) is 1. The van der Waals surface area contributed by atoms with Gasteiger partial charge in [-0.2, -0.15) is 4.98 Å². The largest absolute Gasteiger partial charge is 0.439 e. The predicted molar refractivity (Wildman–Crippen MR) is 86.1 cm³/mol. The normalized spacial score (nSPS) is 10.4. The van der Waals surface area contributed by atoms with Crippen LogP contribution in [0.4, 0.5) is 5.95 Å². The monoisotopic (exact) mass is 285 g/mol. The minimum absolute atomic E-state index is 0.604. The molecule has 0 amide bonds. The van der Waals surface area contributed by atoms with E-state index in [1.54, 1.807) is 6.20 Å². The highest BCUT2D eigenvalue weighted by molar-refractivity contribution is 5.36. The number of aromatic nitrogens is 2. The van der Waals surface area contributed by atoms with Gasteiger partial charge in [-0.05, 0) is 37.5 Å². The van der Waals surface area contributed by atoms with E-state index in [1.807, 2.05) is 19.1 Å². The fourth-order valence-electron chi connectivity index (χ4n) is 1.98. The van der Waals surface area contributed by atoms with Crippen LogP contribution < -0.4 is 10.1 Å². The Morgan fingerprint density at radius 1 is 1.10 bits per heavy atom. The summed E-state index contributed by atoms with van der Waals surface area (Å²) >= 11 is 0. The molecule has 0 atom stereocenters. The van der Waals surface area contributed by atoms with Crippen molar-refractivity contribution in [3.63, 3.8) is 0 Å². The van der Waals surface area contributed by atoms with Gasteiger partial charge in [0.25, 0.3) is 0 Å². The van der Waals surface area contributed by atoms with Crippen LogP contribution in [0.3, 0.4) is 0 Å². The standard InChI is InChI=1S/C17H23N3O/c1-4-6-14-7-9-15(10-8-14)21-16-13(3)12-19-17(20-16)18-11-5-2/h7-10,12H,4-6,11H2,1-3H3,(H,18,19,20). The molecule has 1 aromatic carbocycles. The molecule has 1 heterocycles. The van der Waals surface area contributed by atoms with Crippen LogP contribution in [-0.4, -0.2) is 16.5 Å². The summed E-state index contributed by atoms with van der Waals surface area (Å²) in [5, 5.41) is 3.17. The van der Waals surface area contributed by atoms with Gasteiger partial charge < -0.3 is 10.1 Å². The molecule has 0 radical (unpaired) electrons. The van der Waals surface area contributed by atoms with Crippen molar-refractivity contribution in [2.75, 3.05) is 11.9 Å². The molecule has 1 aromatic heterocycles. The third kappa shape index (κ3) is 4.45. The molecule has 0 saturated heterocycles. The van der Waals surface area contributed by atoms with Crippen LogP contribution in [0.15, 0.2) is 30.5 Å². The van der Waals surface area contributed by atoms with Gasteiger partial charge in [0.1, 0.15) is 5.75 Å². The maximum absolute atomic E-state index is 5.87. The highest BCUT2D eigenvalue weighted by atomic mass is 16.5. The SMILES string of the molecule is CCCNc1ncc(C)c(Oc2ccc(CCC)cc2)n1. The molecule has 0 fully saturated rings. The van der Waals surface area contributed by atoms with Gasteiger partial charge in [0.05, 0.1) is 0 Å². The fraction of sp³-hybridized carbons (Fsp3) is 0.412. The van der Waals surface area contributed by atoms with Crippen LogP contribution in [0.25, 0.3) is 0 Å². The molecule has 0 aliphatic heterocycles. The van der Waals surface area contributed by atoms with Gasteiger partial charge in [-0.1, -0.05) is 32.4 Å². The summed E-state index contributed by atoms with van der Waals surface area (Å²) in [5.74, 6) is 2.02. The Hall–Kier alpha value is -2.10. The molecular weight excluding hydrogens is 262 g/mol. The third-order valence-corrected chi connectivity index (χ3v) is 3.13. The lowest BCUT2D eigenvalue weighted by Gasteiger charge is -2.10. The molecular formula is C17H23N3O. The van der Waals surface area contributed by atoms with Crippen molar-refractivity contribution >= 4 is 5.95 Å². The first-order valence-corrected chi connectivity index (χ1v) is 7.57. The second-order valence-corrected chi connectivity index (χ2v) is 5.10. The van der Waals surface area contributed by atoms with Crippen LogP contribution in [0.5, 0.6) is 11.6 Å². The van der Waals surface area contributed by atoms with Crippen LogP contribution in [0, 0.1) is 6.92 Å². The molecule has 1 N–H and O–H groups in total. The van der Waals surface area contributed by atoms with E-state index in [-0.39, 0.29) is 0 Å². The molecule has 0 spiro atoms. The van der Waals surface area contributed by atoms with Crippen molar-refractivity contribution in [2.45, 2.75) is 40.0 Å². The van der Waals surface area contributed by atoms with Crippen molar-refractivity contribution in [1.82, 2.24) is 9.97 Å². The van der Waals surface area contributed by atoms with Crippen molar-refractivity contribution in [2.24, 2.45) is 0 Å². The van der Waals surface area contributed by atoms with E-state index in [2.05, 4.69) is 41.3 Å². The molecule has 21 heavy (non-hydrogen) atoms. The molecule has 112 valence electrons. The zero-order valence-corrected chi connectivity index (χ0v) is 13.0. The summed E-state index contributed by atoms with van der Waals surface area (Å²) in [7, 11) is 0. The minimum atomic E-state index is 0.604. The quantitative estimate of drug-likeness (QED) is 0.821. The average molecular weight is 285 g/mol. The highest BCUT2D eigenvalue weighted by Crippen LogP contribution is 2.24. The Morgan fingerprint density at radius 3 is 2.52 bits per heavy atom. The minimum Gasteiger partial charge on any atom is -0.439 e. The summed E-state index contributed by atoms with van der Waals surface area (Å²) in [6.07, 6.45) is 5.06. The molecule has 0 bridgehead atoms. The second-order valence-electron chi connectivity index (χ2n) is 5.10. The van der Waals surface area contributed by atoms with Crippen molar-refractivity contribution in [3.8, 4) is 11.6 Å². The lowest BCUT2D eigenvalue weighted by atomic mass is 10.1. The number of rotatable bonds is 7. The summed E-state index contributed by atoms with van der Waals surface area (Å²) in [5.41, 5.74) is 2.25. The number of hydrogen-bond acceptors (Lipinski definition) is 4. The highest BCUT2D eigenvalue weighted by Gasteiger charge is 2.06. The molecule has 2 aromatic rings. The molecule has 0 aliphatic carbocycles. The summed E-state index contributed by atoms with van der Waals surface area (Å²) < 4.78 is 5.87. The molecule has 0 unspecified atom stereocenters. The summed E-state index contributed by atoms with van der Waals surface area (Å²) in [6, 6.07) is 8.19. The van der Waals surface area contributed by atoms with Crippen molar-refractivity contribution in [3.05, 3.63) is 41.6 Å². The van der Waals surface area contributed by atoms with Gasteiger partial charge in [-0.15, -0.1) is 0 Å². The third-order valence-electron chi connectivity index (χ3n) is 3.13. The first kappa shape index (κ1) is 15.3. The van der Waals surface area contributed by atoms with E-state index in [4.69, 9.17) is 4.74 Å². The second kappa shape index (κ2) is 7.62. The number of benzene rings is 1. The van der Waals surface area contributed by atoms with E-state index in [1.165, 1.54) is 5.56 Å². The fourth-order valence-corrected chi connectivity index (χ4v) is 1.98. The van der Waals surface area contributed by atoms with E-state index in [9.17, 15) is 0 Å². The first-order chi connectivity index (χ1) is 10.2. The summed E-state index contributed by atoms with van der Waals surface area (Å²) in [6.45, 7) is 7.09. The van der Waals surface area contributed by atoms with Crippen LogP contribution in [0.1, 0.15) is 37.8 Å². The lowest BCUT2D eigenvalue weighted by molar-refractivity contribution is 0.458. The predicted octanol–water partition coefficient (Wildman–Crippen LogP) is 4.35. The topological polar surface area (TPSA) is 47.0 Å². The van der Waals surface area contributed by atoms with E-state index in [0.29, 0.717) is 11.8 Å². The van der Waals surface area contributed by atoms with E-state index in [0.717, 1.165) is 37.1 Å². The van der Waals surface area contributed by atoms with E-state index >= 15 is 0 Å². The molecule has 4 heteroatoms. The van der Waals surface area contributed by atoms with Crippen LogP contribution in [-0.2, 0) is 6.42 Å². The van der Waals surface area contributed by atoms with Gasteiger partial charge in [-0.25, -0.2) is 4.98 Å². The molecule has 4 nitrogen and oxygen atoms in total. The molecule has 0 saturated carbocycles. The van der Waals surface area contributed by atoms with Crippen molar-refractivity contribution in [1.29, 1.82) is 0 Å². The van der Waals surface area contributed by atoms with E-state index < -0.39 is 0 Å². The van der Waals surface area contributed by atoms with Crippen molar-refractivity contribution < 1.29 is 4.74 Å². The maximum atomic E-state index is 5.87. The van der Waals surface area contributed by atoms with Gasteiger partial charge in [0.2, 0.25) is 11.8 Å². The molecule has 0 aliphatic rings. The Bertz CT molecular complexity index is 567. The average Bonchev–Trinajstić information content (AvgIpc) is 2.50. The maximum Gasteiger partial charge on any atom is 0.226 e. The number of nitrogens with one attached hydrogen (secondary N) is 1. The smallest absolute Gasteiger partial charge is 0.226 e. The lowest BCUT2D eigenvalue weighted by Crippen LogP contribution is -2.05. The van der Waals surface area contributed by atoms with Crippen LogP contribution >= 0.6 is 0 Å². The number of anilines is 1. The Balaban J connectivity index is 2.10. The first-order valence-electron chi connectivity index (χ1n) is 7.57. The Labute approximate surface area is 126 Å². The van der Waals surface area contributed by atoms with Crippen LogP contribution in [0.2, 0.25) is 0 Å². The zero-order chi connectivity index (χ0) is 15.1. The number of nitrogens with zero attached hydrogens (tertiary/aromatic N) is 2. The van der Waals surface area contributed by atoms with Gasteiger partial charge in [0, 0.05) is 18.3 Å². The Morgan fingerprint density at radius 2 is 1.86 bits per heavy atom. The molecule has 2 rings (SSSR count). The zero-order valence-electron chi connectivity index (χ0n) is 13.0. The van der Waals surface area contributed by atoms with Gasteiger partial charge in [-0.3, -0.25) is 0 Å². The summed E-state index contributed by atoms with van der Waals surface area (Å²) in [4.78, 5) is 8.67. The van der Waals surface area contributed by atoms with Gasteiger partial charge >= 0.3 is 0 Å². The van der Waals surface area contributed by atoms with Gasteiger partial charge in [0.15, 0.2) is 0 Å². The number of ether oxygens (including phenoxy) is 1. The Kier molecular flexibility index (Phi) is 5.55.